The van der Waals surface area contributed by atoms with E-state index in [4.69, 9.17) is 0 Å². The van der Waals surface area contributed by atoms with E-state index in [1.165, 1.54) is 5.56 Å². The molecule has 7 nitrogen and oxygen atoms in total. The van der Waals surface area contributed by atoms with Crippen LogP contribution >= 0.6 is 0 Å². The van der Waals surface area contributed by atoms with E-state index in [0.29, 0.717) is 44.4 Å². The molecule has 26 heavy (non-hydrogen) atoms. The van der Waals surface area contributed by atoms with Crippen molar-refractivity contribution in [2.24, 2.45) is 0 Å². The van der Waals surface area contributed by atoms with Crippen molar-refractivity contribution < 1.29 is 9.59 Å². The van der Waals surface area contributed by atoms with Crippen LogP contribution in [0.3, 0.4) is 0 Å². The fraction of sp³-hybridized carbons (Fsp3) is 0.368. The summed E-state index contributed by atoms with van der Waals surface area (Å²) in [7, 11) is 0. The SMILES string of the molecule is Cc1cc(C(=O)N2CCN(C=O)CC2)nc(NCCc2ccccc2)n1. The molecule has 0 atom stereocenters. The predicted molar refractivity (Wildman–Crippen MR) is 98.9 cm³/mol. The first-order valence-corrected chi connectivity index (χ1v) is 8.78. The lowest BCUT2D eigenvalue weighted by molar-refractivity contribution is -0.119. The number of hydrogen-bond donors (Lipinski definition) is 1. The number of aryl methyl sites for hydroxylation is 1. The molecule has 3 rings (SSSR count). The van der Waals surface area contributed by atoms with Gasteiger partial charge in [0.05, 0.1) is 0 Å². The molecule has 2 aromatic rings. The van der Waals surface area contributed by atoms with Gasteiger partial charge in [-0.2, -0.15) is 0 Å². The number of hydrogen-bond acceptors (Lipinski definition) is 5. The van der Waals surface area contributed by atoms with Crippen LogP contribution in [-0.2, 0) is 11.2 Å². The minimum absolute atomic E-state index is 0.118. The summed E-state index contributed by atoms with van der Waals surface area (Å²) in [6.45, 7) is 4.71. The first kappa shape index (κ1) is 17.8. The van der Waals surface area contributed by atoms with Gasteiger partial charge in [0.15, 0.2) is 0 Å². The van der Waals surface area contributed by atoms with E-state index in [9.17, 15) is 9.59 Å². The van der Waals surface area contributed by atoms with Gasteiger partial charge in [-0.3, -0.25) is 9.59 Å². The van der Waals surface area contributed by atoms with Crippen molar-refractivity contribution in [2.75, 3.05) is 38.0 Å². The minimum atomic E-state index is -0.118. The molecule has 1 fully saturated rings. The number of aromatic nitrogens is 2. The fourth-order valence-corrected chi connectivity index (χ4v) is 2.91. The standard InChI is InChI=1S/C19H23N5O2/c1-15-13-17(18(26)24-11-9-23(14-25)10-12-24)22-19(21-15)20-8-7-16-5-3-2-4-6-16/h2-6,13-14H,7-12H2,1H3,(H,20,21,22). The van der Waals surface area contributed by atoms with E-state index >= 15 is 0 Å². The molecule has 136 valence electrons. The molecule has 0 aliphatic carbocycles. The van der Waals surface area contributed by atoms with Crippen LogP contribution in [-0.4, -0.2) is 64.8 Å². The monoisotopic (exact) mass is 353 g/mol. The van der Waals surface area contributed by atoms with Crippen LogP contribution in [0, 0.1) is 6.92 Å². The highest BCUT2D eigenvalue weighted by Gasteiger charge is 2.23. The molecule has 0 bridgehead atoms. The van der Waals surface area contributed by atoms with E-state index in [2.05, 4.69) is 27.4 Å². The second-order valence-electron chi connectivity index (χ2n) is 6.31. The van der Waals surface area contributed by atoms with Crippen molar-refractivity contribution >= 4 is 18.3 Å². The van der Waals surface area contributed by atoms with Crippen molar-refractivity contribution in [2.45, 2.75) is 13.3 Å². The van der Waals surface area contributed by atoms with E-state index in [-0.39, 0.29) is 5.91 Å². The van der Waals surface area contributed by atoms with Gasteiger partial charge in [-0.1, -0.05) is 30.3 Å². The highest BCUT2D eigenvalue weighted by atomic mass is 16.2. The summed E-state index contributed by atoms with van der Waals surface area (Å²) in [5, 5.41) is 3.20. The quantitative estimate of drug-likeness (QED) is 0.793. The summed E-state index contributed by atoms with van der Waals surface area (Å²) in [5.41, 5.74) is 2.37. The van der Waals surface area contributed by atoms with Crippen LogP contribution in [0.15, 0.2) is 36.4 Å². The predicted octanol–water partition coefficient (Wildman–Crippen LogP) is 1.35. The van der Waals surface area contributed by atoms with Gasteiger partial charge in [-0.25, -0.2) is 9.97 Å². The molecule has 0 radical (unpaired) electrons. The lowest BCUT2D eigenvalue weighted by atomic mass is 10.1. The second kappa shape index (κ2) is 8.42. The molecule has 2 heterocycles. The Balaban J connectivity index is 1.61. The molecule has 1 aromatic carbocycles. The number of nitrogens with zero attached hydrogens (tertiary/aromatic N) is 4. The van der Waals surface area contributed by atoms with Crippen LogP contribution in [0.2, 0.25) is 0 Å². The summed E-state index contributed by atoms with van der Waals surface area (Å²) in [5.74, 6) is 0.350. The maximum atomic E-state index is 12.7. The average molecular weight is 353 g/mol. The lowest BCUT2D eigenvalue weighted by Gasteiger charge is -2.32. The van der Waals surface area contributed by atoms with Gasteiger partial charge < -0.3 is 15.1 Å². The van der Waals surface area contributed by atoms with Crippen LogP contribution < -0.4 is 5.32 Å². The number of carbonyl (C=O) groups excluding carboxylic acids is 2. The molecule has 1 aliphatic heterocycles. The van der Waals surface area contributed by atoms with Crippen molar-refractivity contribution in [3.05, 3.63) is 53.3 Å². The topological polar surface area (TPSA) is 78.4 Å². The number of rotatable bonds is 6. The number of piperazine rings is 1. The van der Waals surface area contributed by atoms with Crippen molar-refractivity contribution in [1.29, 1.82) is 0 Å². The van der Waals surface area contributed by atoms with Crippen molar-refractivity contribution in [3.63, 3.8) is 0 Å². The number of benzene rings is 1. The molecule has 1 aromatic heterocycles. The molecule has 1 saturated heterocycles. The van der Waals surface area contributed by atoms with Crippen molar-refractivity contribution in [1.82, 2.24) is 19.8 Å². The van der Waals surface area contributed by atoms with E-state index in [1.54, 1.807) is 15.9 Å². The Hall–Kier alpha value is -2.96. The minimum Gasteiger partial charge on any atom is -0.354 e. The fourth-order valence-electron chi connectivity index (χ4n) is 2.91. The van der Waals surface area contributed by atoms with Crippen LogP contribution in [0.4, 0.5) is 5.95 Å². The first-order valence-electron chi connectivity index (χ1n) is 8.78. The molecule has 1 aliphatic rings. The molecule has 7 heteroatoms. The molecule has 1 N–H and O–H groups in total. The van der Waals surface area contributed by atoms with E-state index in [0.717, 1.165) is 18.5 Å². The average Bonchev–Trinajstić information content (AvgIpc) is 2.68. The lowest BCUT2D eigenvalue weighted by Crippen LogP contribution is -2.48. The highest BCUT2D eigenvalue weighted by molar-refractivity contribution is 5.92. The maximum Gasteiger partial charge on any atom is 0.272 e. The molecule has 0 spiro atoms. The molecular weight excluding hydrogens is 330 g/mol. The zero-order valence-electron chi connectivity index (χ0n) is 14.9. The number of nitrogens with one attached hydrogen (secondary N) is 1. The summed E-state index contributed by atoms with van der Waals surface area (Å²) < 4.78 is 0. The summed E-state index contributed by atoms with van der Waals surface area (Å²) in [6, 6.07) is 11.9. The van der Waals surface area contributed by atoms with Crippen LogP contribution in [0.25, 0.3) is 0 Å². The Morgan fingerprint density at radius 3 is 2.58 bits per heavy atom. The van der Waals surface area contributed by atoms with Gasteiger partial charge in [-0.15, -0.1) is 0 Å². The molecule has 2 amide bonds. The Labute approximate surface area is 153 Å². The molecule has 0 unspecified atom stereocenters. The molecular formula is C19H23N5O2. The number of amides is 2. The van der Waals surface area contributed by atoms with E-state index in [1.807, 2.05) is 25.1 Å². The first-order chi connectivity index (χ1) is 12.7. The van der Waals surface area contributed by atoms with E-state index < -0.39 is 0 Å². The van der Waals surface area contributed by atoms with Gasteiger partial charge >= 0.3 is 0 Å². The molecule has 0 saturated carbocycles. The van der Waals surface area contributed by atoms with Crippen LogP contribution in [0.1, 0.15) is 21.7 Å². The Bertz CT molecular complexity index is 758. The smallest absolute Gasteiger partial charge is 0.272 e. The van der Waals surface area contributed by atoms with Crippen LogP contribution in [0.5, 0.6) is 0 Å². The van der Waals surface area contributed by atoms with Gasteiger partial charge in [0.1, 0.15) is 5.69 Å². The Kier molecular flexibility index (Phi) is 5.78. The highest BCUT2D eigenvalue weighted by Crippen LogP contribution is 2.10. The largest absolute Gasteiger partial charge is 0.354 e. The Morgan fingerprint density at radius 2 is 1.88 bits per heavy atom. The second-order valence-corrected chi connectivity index (χ2v) is 6.31. The third-order valence-corrected chi connectivity index (χ3v) is 4.36. The zero-order valence-corrected chi connectivity index (χ0v) is 14.9. The summed E-state index contributed by atoms with van der Waals surface area (Å²) in [4.78, 5) is 35.6. The summed E-state index contributed by atoms with van der Waals surface area (Å²) >= 11 is 0. The maximum absolute atomic E-state index is 12.7. The van der Waals surface area contributed by atoms with Gasteiger partial charge in [0.2, 0.25) is 12.4 Å². The summed E-state index contributed by atoms with van der Waals surface area (Å²) in [6.07, 6.45) is 1.68. The third-order valence-electron chi connectivity index (χ3n) is 4.36. The van der Waals surface area contributed by atoms with Crippen molar-refractivity contribution in [3.8, 4) is 0 Å². The van der Waals surface area contributed by atoms with Gasteiger partial charge in [0, 0.05) is 38.4 Å². The number of carbonyl (C=O) groups is 2. The zero-order chi connectivity index (χ0) is 18.4. The Morgan fingerprint density at radius 1 is 1.15 bits per heavy atom. The number of anilines is 1. The van der Waals surface area contributed by atoms with Gasteiger partial charge in [0.25, 0.3) is 5.91 Å². The normalized spacial score (nSPS) is 14.2. The third kappa shape index (κ3) is 4.56. The van der Waals surface area contributed by atoms with Gasteiger partial charge in [-0.05, 0) is 25.0 Å².